The maximum atomic E-state index is 5.89. The largest absolute Gasteiger partial charge is 0.320 e. The molecule has 0 atom stereocenters. The average Bonchev–Trinajstić information content (AvgIpc) is 2.03. The van der Waals surface area contributed by atoms with Gasteiger partial charge in [0.05, 0.1) is 11.6 Å². The van der Waals surface area contributed by atoms with Crippen molar-refractivity contribution in [3.05, 3.63) is 33.3 Å². The van der Waals surface area contributed by atoms with Crippen LogP contribution in [0.4, 0.5) is 0 Å². The molecule has 1 rings (SSSR count). The highest BCUT2D eigenvalue weighted by molar-refractivity contribution is 9.10. The summed E-state index contributed by atoms with van der Waals surface area (Å²) in [5, 5.41) is 0.644. The number of hydrogen-bond acceptors (Lipinski definition) is 1. The molecular formula is C9H7BrClN. The minimum atomic E-state index is 0.354. The first-order valence-corrected chi connectivity index (χ1v) is 4.55. The minimum Gasteiger partial charge on any atom is -0.320 e. The molecule has 0 aliphatic heterocycles. The Labute approximate surface area is 85.0 Å². The third-order valence-corrected chi connectivity index (χ3v) is 2.06. The van der Waals surface area contributed by atoms with Crippen molar-refractivity contribution in [3.63, 3.8) is 0 Å². The summed E-state index contributed by atoms with van der Waals surface area (Å²) in [5.41, 5.74) is 6.04. The summed E-state index contributed by atoms with van der Waals surface area (Å²) in [4.78, 5) is 0. The molecule has 0 fully saturated rings. The van der Waals surface area contributed by atoms with Crippen LogP contribution in [0, 0.1) is 11.8 Å². The highest BCUT2D eigenvalue weighted by Crippen LogP contribution is 2.20. The Balaban J connectivity index is 3.01. The molecule has 1 aromatic carbocycles. The van der Waals surface area contributed by atoms with Crippen molar-refractivity contribution in [3.8, 4) is 11.8 Å². The van der Waals surface area contributed by atoms with Crippen molar-refractivity contribution < 1.29 is 0 Å². The minimum absolute atomic E-state index is 0.354. The molecule has 62 valence electrons. The van der Waals surface area contributed by atoms with Gasteiger partial charge in [-0.1, -0.05) is 39.4 Å². The molecule has 12 heavy (non-hydrogen) atoms. The second kappa shape index (κ2) is 4.51. The van der Waals surface area contributed by atoms with Gasteiger partial charge in [-0.05, 0) is 18.2 Å². The fourth-order valence-corrected chi connectivity index (χ4v) is 1.46. The predicted octanol–water partition coefficient (Wildman–Crippen LogP) is 2.41. The van der Waals surface area contributed by atoms with Crippen LogP contribution in [0.15, 0.2) is 22.7 Å². The van der Waals surface area contributed by atoms with Crippen molar-refractivity contribution in [2.45, 2.75) is 0 Å². The van der Waals surface area contributed by atoms with Crippen LogP contribution < -0.4 is 5.73 Å². The van der Waals surface area contributed by atoms with Crippen LogP contribution in [-0.4, -0.2) is 6.54 Å². The van der Waals surface area contributed by atoms with Gasteiger partial charge >= 0.3 is 0 Å². The Morgan fingerprint density at radius 2 is 2.25 bits per heavy atom. The van der Waals surface area contributed by atoms with Gasteiger partial charge in [-0.25, -0.2) is 0 Å². The lowest BCUT2D eigenvalue weighted by Crippen LogP contribution is -1.93. The molecule has 0 aliphatic carbocycles. The van der Waals surface area contributed by atoms with Gasteiger partial charge < -0.3 is 5.73 Å². The van der Waals surface area contributed by atoms with Crippen molar-refractivity contribution in [1.82, 2.24) is 0 Å². The summed E-state index contributed by atoms with van der Waals surface area (Å²) in [6.07, 6.45) is 0. The molecule has 0 spiro atoms. The van der Waals surface area contributed by atoms with Crippen molar-refractivity contribution in [1.29, 1.82) is 0 Å². The fraction of sp³-hybridized carbons (Fsp3) is 0.111. The summed E-state index contributed by atoms with van der Waals surface area (Å²) < 4.78 is 0.950. The second-order valence-electron chi connectivity index (χ2n) is 2.13. The van der Waals surface area contributed by atoms with Crippen LogP contribution in [0.5, 0.6) is 0 Å². The quantitative estimate of drug-likeness (QED) is 0.697. The molecule has 0 aliphatic rings. The molecular weight excluding hydrogens is 237 g/mol. The maximum absolute atomic E-state index is 5.89. The number of halogens is 2. The van der Waals surface area contributed by atoms with Crippen LogP contribution in [0.25, 0.3) is 0 Å². The van der Waals surface area contributed by atoms with Gasteiger partial charge in [0, 0.05) is 10.0 Å². The molecule has 0 aromatic heterocycles. The Kier molecular flexibility index (Phi) is 3.61. The lowest BCUT2D eigenvalue weighted by molar-refractivity contribution is 1.30. The SMILES string of the molecule is NCC#Cc1ccc(Br)cc1Cl. The third-order valence-electron chi connectivity index (χ3n) is 1.26. The van der Waals surface area contributed by atoms with Gasteiger partial charge in [0.25, 0.3) is 0 Å². The molecule has 0 heterocycles. The molecule has 0 bridgehead atoms. The number of nitrogens with two attached hydrogens (primary N) is 1. The van der Waals surface area contributed by atoms with Crippen LogP contribution in [0.1, 0.15) is 5.56 Å². The summed E-state index contributed by atoms with van der Waals surface area (Å²) in [6, 6.07) is 5.56. The van der Waals surface area contributed by atoms with Crippen LogP contribution in [-0.2, 0) is 0 Å². The van der Waals surface area contributed by atoms with Gasteiger partial charge in [0.1, 0.15) is 0 Å². The summed E-state index contributed by atoms with van der Waals surface area (Å²) in [7, 11) is 0. The molecule has 0 amide bonds. The Morgan fingerprint density at radius 1 is 1.50 bits per heavy atom. The van der Waals surface area contributed by atoms with Gasteiger partial charge in [0.15, 0.2) is 0 Å². The average molecular weight is 245 g/mol. The normalized spacial score (nSPS) is 8.92. The van der Waals surface area contributed by atoms with Gasteiger partial charge in [-0.2, -0.15) is 0 Å². The summed E-state index contributed by atoms with van der Waals surface area (Å²) >= 11 is 9.20. The van der Waals surface area contributed by atoms with E-state index >= 15 is 0 Å². The van der Waals surface area contributed by atoms with Crippen molar-refractivity contribution >= 4 is 27.5 Å². The van der Waals surface area contributed by atoms with Crippen LogP contribution in [0.3, 0.4) is 0 Å². The zero-order valence-corrected chi connectivity index (χ0v) is 8.61. The van der Waals surface area contributed by atoms with Crippen LogP contribution >= 0.6 is 27.5 Å². The standard InChI is InChI=1S/C9H7BrClN/c10-8-4-3-7(2-1-5-12)9(11)6-8/h3-4,6H,5,12H2. The molecule has 1 aromatic rings. The molecule has 0 saturated carbocycles. The van der Waals surface area contributed by atoms with E-state index in [9.17, 15) is 0 Å². The van der Waals surface area contributed by atoms with E-state index in [0.29, 0.717) is 11.6 Å². The Hall–Kier alpha value is -0.490. The lowest BCUT2D eigenvalue weighted by Gasteiger charge is -1.95. The van der Waals surface area contributed by atoms with Gasteiger partial charge in [0.2, 0.25) is 0 Å². The first kappa shape index (κ1) is 9.60. The van der Waals surface area contributed by atoms with Gasteiger partial charge in [-0.15, -0.1) is 0 Å². The van der Waals surface area contributed by atoms with E-state index in [1.165, 1.54) is 0 Å². The summed E-state index contributed by atoms with van der Waals surface area (Å²) in [5.74, 6) is 5.61. The van der Waals surface area contributed by atoms with E-state index in [1.54, 1.807) is 0 Å². The molecule has 0 unspecified atom stereocenters. The second-order valence-corrected chi connectivity index (χ2v) is 3.45. The zero-order chi connectivity index (χ0) is 8.97. The number of rotatable bonds is 0. The molecule has 0 radical (unpaired) electrons. The van der Waals surface area contributed by atoms with E-state index in [1.807, 2.05) is 18.2 Å². The number of hydrogen-bond donors (Lipinski definition) is 1. The molecule has 0 saturated heterocycles. The Morgan fingerprint density at radius 3 is 2.83 bits per heavy atom. The van der Waals surface area contributed by atoms with E-state index in [-0.39, 0.29) is 0 Å². The molecule has 3 heteroatoms. The van der Waals surface area contributed by atoms with E-state index < -0.39 is 0 Å². The maximum Gasteiger partial charge on any atom is 0.0573 e. The predicted molar refractivity (Wildman–Crippen MR) is 55.1 cm³/mol. The first-order valence-electron chi connectivity index (χ1n) is 3.38. The van der Waals surface area contributed by atoms with Crippen LogP contribution in [0.2, 0.25) is 5.02 Å². The van der Waals surface area contributed by atoms with Crippen molar-refractivity contribution in [2.75, 3.05) is 6.54 Å². The molecule has 1 nitrogen and oxygen atoms in total. The van der Waals surface area contributed by atoms with E-state index in [4.69, 9.17) is 17.3 Å². The summed E-state index contributed by atoms with van der Waals surface area (Å²) in [6.45, 7) is 0.354. The topological polar surface area (TPSA) is 26.0 Å². The molecule has 2 N–H and O–H groups in total. The lowest BCUT2D eigenvalue weighted by atomic mass is 10.2. The smallest absolute Gasteiger partial charge is 0.0573 e. The van der Waals surface area contributed by atoms with Crippen molar-refractivity contribution in [2.24, 2.45) is 5.73 Å². The fourth-order valence-electron chi connectivity index (χ4n) is 0.737. The highest BCUT2D eigenvalue weighted by atomic mass is 79.9. The monoisotopic (exact) mass is 243 g/mol. The number of benzene rings is 1. The first-order chi connectivity index (χ1) is 5.74. The van der Waals surface area contributed by atoms with E-state index in [0.717, 1.165) is 10.0 Å². The Bertz CT molecular complexity index is 338. The zero-order valence-electron chi connectivity index (χ0n) is 6.27. The highest BCUT2D eigenvalue weighted by Gasteiger charge is 1.95. The van der Waals surface area contributed by atoms with Gasteiger partial charge in [-0.3, -0.25) is 0 Å². The van der Waals surface area contributed by atoms with E-state index in [2.05, 4.69) is 27.8 Å². The third kappa shape index (κ3) is 2.53.